The monoisotopic (exact) mass is 283 g/mol. The quantitative estimate of drug-likeness (QED) is 0.784. The van der Waals surface area contributed by atoms with Crippen LogP contribution in [0.3, 0.4) is 0 Å². The number of aromatic nitrogens is 2. The molecular weight excluding hydrogens is 272 g/mol. The fourth-order valence-corrected chi connectivity index (χ4v) is 1.90. The summed E-state index contributed by atoms with van der Waals surface area (Å²) in [5, 5.41) is 2.95. The lowest BCUT2D eigenvalue weighted by Crippen LogP contribution is -1.98. The summed E-state index contributed by atoms with van der Waals surface area (Å²) in [4.78, 5) is 8.34. The summed E-state index contributed by atoms with van der Waals surface area (Å²) in [6.45, 7) is 0. The topological polar surface area (TPSA) is 37.8 Å². The molecule has 3 aromatic rings. The molecule has 0 saturated carbocycles. The first-order valence-corrected chi connectivity index (χ1v) is 6.33. The number of nitrogens with zero attached hydrogens (tertiary/aromatic N) is 2. The fraction of sp³-hybridized carbons (Fsp3) is 0. The van der Waals surface area contributed by atoms with Gasteiger partial charge in [0, 0.05) is 17.4 Å². The Morgan fingerprint density at radius 1 is 0.857 bits per heavy atom. The normalized spacial score (nSPS) is 10.4. The molecule has 0 aliphatic carbocycles. The van der Waals surface area contributed by atoms with Crippen molar-refractivity contribution in [2.24, 2.45) is 0 Å². The summed E-state index contributed by atoms with van der Waals surface area (Å²) in [7, 11) is 0. The first kappa shape index (κ1) is 13.2. The van der Waals surface area contributed by atoms with E-state index in [0.717, 1.165) is 0 Å². The highest BCUT2D eigenvalue weighted by molar-refractivity contribution is 5.62. The van der Waals surface area contributed by atoms with E-state index >= 15 is 0 Å². The van der Waals surface area contributed by atoms with Crippen LogP contribution in [-0.4, -0.2) is 9.97 Å². The summed E-state index contributed by atoms with van der Waals surface area (Å²) < 4.78 is 26.6. The van der Waals surface area contributed by atoms with Crippen LogP contribution in [0.25, 0.3) is 11.3 Å². The second-order valence-corrected chi connectivity index (χ2v) is 4.38. The molecule has 21 heavy (non-hydrogen) atoms. The highest BCUT2D eigenvalue weighted by Gasteiger charge is 2.07. The molecule has 3 rings (SSSR count). The van der Waals surface area contributed by atoms with Gasteiger partial charge in [0.05, 0.1) is 5.69 Å². The van der Waals surface area contributed by atoms with Gasteiger partial charge in [-0.25, -0.2) is 18.7 Å². The molecule has 5 heteroatoms. The largest absolute Gasteiger partial charge is 0.324 e. The molecule has 104 valence electrons. The van der Waals surface area contributed by atoms with Gasteiger partial charge >= 0.3 is 0 Å². The minimum atomic E-state index is -0.344. The SMILES string of the molecule is Fc1ccc(Nc2nccc(-c3ccccc3F)n2)cc1. The van der Waals surface area contributed by atoms with Gasteiger partial charge in [-0.2, -0.15) is 0 Å². The maximum atomic E-state index is 13.8. The van der Waals surface area contributed by atoms with Gasteiger partial charge in [-0.05, 0) is 42.5 Å². The Morgan fingerprint density at radius 2 is 1.62 bits per heavy atom. The highest BCUT2D eigenvalue weighted by atomic mass is 19.1. The smallest absolute Gasteiger partial charge is 0.227 e. The van der Waals surface area contributed by atoms with E-state index < -0.39 is 0 Å². The molecule has 0 spiro atoms. The van der Waals surface area contributed by atoms with Gasteiger partial charge in [-0.15, -0.1) is 0 Å². The molecule has 0 radical (unpaired) electrons. The fourth-order valence-electron chi connectivity index (χ4n) is 1.90. The van der Waals surface area contributed by atoms with Crippen molar-refractivity contribution in [1.82, 2.24) is 9.97 Å². The Bertz CT molecular complexity index is 757. The van der Waals surface area contributed by atoms with Crippen LogP contribution in [0.5, 0.6) is 0 Å². The number of hydrogen-bond donors (Lipinski definition) is 1. The second kappa shape index (κ2) is 5.66. The molecule has 0 saturated heterocycles. The molecule has 0 amide bonds. The average Bonchev–Trinajstić information content (AvgIpc) is 2.50. The van der Waals surface area contributed by atoms with E-state index in [9.17, 15) is 8.78 Å². The Hall–Kier alpha value is -2.82. The third-order valence-corrected chi connectivity index (χ3v) is 2.91. The minimum Gasteiger partial charge on any atom is -0.324 e. The third-order valence-electron chi connectivity index (χ3n) is 2.91. The zero-order valence-corrected chi connectivity index (χ0v) is 10.9. The van der Waals surface area contributed by atoms with Crippen LogP contribution < -0.4 is 5.32 Å². The summed E-state index contributed by atoms with van der Waals surface area (Å²) in [6.07, 6.45) is 1.54. The van der Waals surface area contributed by atoms with Crippen LogP contribution in [-0.2, 0) is 0 Å². The van der Waals surface area contributed by atoms with Crippen molar-refractivity contribution in [3.63, 3.8) is 0 Å². The van der Waals surface area contributed by atoms with E-state index in [1.54, 1.807) is 42.6 Å². The number of benzene rings is 2. The lowest BCUT2D eigenvalue weighted by molar-refractivity contribution is 0.628. The number of anilines is 2. The van der Waals surface area contributed by atoms with Gasteiger partial charge in [-0.3, -0.25) is 0 Å². The van der Waals surface area contributed by atoms with Crippen molar-refractivity contribution in [2.75, 3.05) is 5.32 Å². The molecule has 0 atom stereocenters. The minimum absolute atomic E-state index is 0.318. The number of hydrogen-bond acceptors (Lipinski definition) is 3. The van der Waals surface area contributed by atoms with E-state index in [0.29, 0.717) is 22.9 Å². The molecule has 0 unspecified atom stereocenters. The summed E-state index contributed by atoms with van der Waals surface area (Å²) >= 11 is 0. The summed E-state index contributed by atoms with van der Waals surface area (Å²) in [5.74, 6) is -0.340. The molecule has 0 aliphatic heterocycles. The van der Waals surface area contributed by atoms with E-state index in [-0.39, 0.29) is 11.6 Å². The zero-order chi connectivity index (χ0) is 14.7. The predicted octanol–water partition coefficient (Wildman–Crippen LogP) is 4.17. The van der Waals surface area contributed by atoms with Gasteiger partial charge in [0.25, 0.3) is 0 Å². The van der Waals surface area contributed by atoms with E-state index in [1.807, 2.05) is 0 Å². The molecule has 2 aromatic carbocycles. The molecular formula is C16H11F2N3. The molecule has 1 aromatic heterocycles. The molecule has 1 heterocycles. The van der Waals surface area contributed by atoms with Crippen LogP contribution in [0.1, 0.15) is 0 Å². The molecule has 0 aliphatic rings. The van der Waals surface area contributed by atoms with E-state index in [4.69, 9.17) is 0 Å². The third kappa shape index (κ3) is 3.02. The highest BCUT2D eigenvalue weighted by Crippen LogP contribution is 2.22. The van der Waals surface area contributed by atoms with E-state index in [2.05, 4.69) is 15.3 Å². The number of nitrogens with one attached hydrogen (secondary N) is 1. The molecule has 0 fully saturated rings. The van der Waals surface area contributed by atoms with Gasteiger partial charge in [0.15, 0.2) is 0 Å². The van der Waals surface area contributed by atoms with Crippen molar-refractivity contribution in [2.45, 2.75) is 0 Å². The number of halogens is 2. The van der Waals surface area contributed by atoms with Crippen LogP contribution >= 0.6 is 0 Å². The average molecular weight is 283 g/mol. The first-order chi connectivity index (χ1) is 10.2. The lowest BCUT2D eigenvalue weighted by atomic mass is 10.1. The Balaban J connectivity index is 1.90. The van der Waals surface area contributed by atoms with Crippen molar-refractivity contribution >= 4 is 11.6 Å². The van der Waals surface area contributed by atoms with E-state index in [1.165, 1.54) is 18.2 Å². The summed E-state index contributed by atoms with van der Waals surface area (Å²) in [5.41, 5.74) is 1.54. The predicted molar refractivity (Wildman–Crippen MR) is 77.1 cm³/mol. The Morgan fingerprint density at radius 3 is 2.38 bits per heavy atom. The van der Waals surface area contributed by atoms with Gasteiger partial charge in [-0.1, -0.05) is 12.1 Å². The van der Waals surface area contributed by atoms with Crippen molar-refractivity contribution in [3.05, 3.63) is 72.4 Å². The zero-order valence-electron chi connectivity index (χ0n) is 10.9. The van der Waals surface area contributed by atoms with Gasteiger partial charge in [0.1, 0.15) is 11.6 Å². The first-order valence-electron chi connectivity index (χ1n) is 6.33. The van der Waals surface area contributed by atoms with Gasteiger partial charge in [0.2, 0.25) is 5.95 Å². The maximum Gasteiger partial charge on any atom is 0.227 e. The van der Waals surface area contributed by atoms with Gasteiger partial charge < -0.3 is 5.32 Å². The molecule has 1 N–H and O–H groups in total. The molecule has 3 nitrogen and oxygen atoms in total. The maximum absolute atomic E-state index is 13.8. The van der Waals surface area contributed by atoms with Crippen molar-refractivity contribution in [3.8, 4) is 11.3 Å². The Labute approximate surface area is 120 Å². The Kier molecular flexibility index (Phi) is 3.55. The van der Waals surface area contributed by atoms with Crippen LogP contribution in [0, 0.1) is 11.6 Å². The van der Waals surface area contributed by atoms with Crippen molar-refractivity contribution in [1.29, 1.82) is 0 Å². The molecule has 0 bridgehead atoms. The lowest BCUT2D eigenvalue weighted by Gasteiger charge is -2.07. The standard InChI is InChI=1S/C16H11F2N3/c17-11-5-7-12(8-6-11)20-16-19-10-9-15(21-16)13-3-1-2-4-14(13)18/h1-10H,(H,19,20,21). The second-order valence-electron chi connectivity index (χ2n) is 4.38. The van der Waals surface area contributed by atoms with Crippen LogP contribution in [0.4, 0.5) is 20.4 Å². The van der Waals surface area contributed by atoms with Crippen LogP contribution in [0.2, 0.25) is 0 Å². The van der Waals surface area contributed by atoms with Crippen LogP contribution in [0.15, 0.2) is 60.8 Å². The number of rotatable bonds is 3. The summed E-state index contributed by atoms with van der Waals surface area (Å²) in [6, 6.07) is 13.9. The van der Waals surface area contributed by atoms with Crippen molar-refractivity contribution < 1.29 is 8.78 Å².